The highest BCUT2D eigenvalue weighted by Crippen LogP contribution is 2.48. The number of imide groups is 2. The molecule has 2 heterocycles. The van der Waals surface area contributed by atoms with Crippen LogP contribution in [0.1, 0.15) is 65.0 Å². The summed E-state index contributed by atoms with van der Waals surface area (Å²) in [6, 6.07) is 11.0. The number of anilines is 1. The van der Waals surface area contributed by atoms with E-state index in [1.54, 1.807) is 13.0 Å². The zero-order chi connectivity index (χ0) is 27.0. The quantitative estimate of drug-likeness (QED) is 0.522. The van der Waals surface area contributed by atoms with Crippen LogP contribution in [0.15, 0.2) is 54.6 Å². The van der Waals surface area contributed by atoms with Crippen LogP contribution in [-0.2, 0) is 5.41 Å². The minimum Gasteiger partial charge on any atom is -0.506 e. The van der Waals surface area contributed by atoms with Crippen LogP contribution >= 0.6 is 0 Å². The second-order valence-electron chi connectivity index (χ2n) is 9.25. The van der Waals surface area contributed by atoms with Gasteiger partial charge in [-0.3, -0.25) is 24.1 Å². The van der Waals surface area contributed by atoms with E-state index in [-0.39, 0.29) is 44.8 Å². The van der Waals surface area contributed by atoms with Crippen molar-refractivity contribution in [2.75, 3.05) is 11.9 Å². The van der Waals surface area contributed by atoms with E-state index in [4.69, 9.17) is 0 Å². The maximum absolute atomic E-state index is 14.7. The Labute approximate surface area is 208 Å². The van der Waals surface area contributed by atoms with Crippen LogP contribution in [0.5, 0.6) is 5.75 Å². The van der Waals surface area contributed by atoms with Crippen molar-refractivity contribution in [3.63, 3.8) is 0 Å². The summed E-state index contributed by atoms with van der Waals surface area (Å²) in [5.41, 5.74) is -3.23. The molecule has 1 N–H and O–H groups in total. The smallest absolute Gasteiger partial charge is 0.402 e. The van der Waals surface area contributed by atoms with Crippen molar-refractivity contribution in [3.8, 4) is 5.75 Å². The van der Waals surface area contributed by atoms with E-state index in [0.717, 1.165) is 47.1 Å². The number of rotatable bonds is 3. The molecule has 2 aliphatic heterocycles. The second kappa shape index (κ2) is 7.76. The molecule has 3 aromatic rings. The lowest BCUT2D eigenvalue weighted by Gasteiger charge is -2.33. The first-order valence-corrected chi connectivity index (χ1v) is 11.1. The predicted octanol–water partition coefficient (Wildman–Crippen LogP) is 4.60. The summed E-state index contributed by atoms with van der Waals surface area (Å²) in [4.78, 5) is 52.5. The van der Waals surface area contributed by atoms with Crippen molar-refractivity contribution in [1.82, 2.24) is 4.90 Å². The molecule has 0 bridgehead atoms. The van der Waals surface area contributed by atoms with Crippen molar-refractivity contribution in [1.29, 1.82) is 0 Å². The Morgan fingerprint density at radius 2 is 1.19 bits per heavy atom. The number of halogens is 3. The summed E-state index contributed by atoms with van der Waals surface area (Å²) in [6.07, 6.45) is -4.88. The van der Waals surface area contributed by atoms with Gasteiger partial charge in [0.15, 0.2) is 0 Å². The standard InChI is InChI=1S/C27H19F3N2O5/c1-13-4-9-21(33)20(10-13)32-24(36)17-8-6-15(12-19(17)25(32)37)26(2,27(28,29)30)14-5-7-16-18(11-14)23(35)31(3)22(16)34/h4-12,33H,1-3H3. The monoisotopic (exact) mass is 508 g/mol. The highest BCUT2D eigenvalue weighted by molar-refractivity contribution is 6.35. The normalized spacial score (nSPS) is 16.8. The number of phenols is 1. The van der Waals surface area contributed by atoms with E-state index in [1.165, 1.54) is 25.2 Å². The Hall–Kier alpha value is -4.47. The summed E-state index contributed by atoms with van der Waals surface area (Å²) in [7, 11) is 1.24. The fourth-order valence-corrected chi connectivity index (χ4v) is 4.75. The Bertz CT molecular complexity index is 1560. The van der Waals surface area contributed by atoms with Gasteiger partial charge in [0.25, 0.3) is 23.6 Å². The predicted molar refractivity (Wildman–Crippen MR) is 126 cm³/mol. The van der Waals surface area contributed by atoms with Gasteiger partial charge in [-0.1, -0.05) is 18.2 Å². The molecule has 0 fully saturated rings. The molecule has 3 aromatic carbocycles. The molecule has 2 aliphatic rings. The molecule has 1 atom stereocenters. The summed E-state index contributed by atoms with van der Waals surface area (Å²) in [5, 5.41) is 10.2. The Balaban J connectivity index is 1.65. The number of carbonyl (C=O) groups is 4. The summed E-state index contributed by atoms with van der Waals surface area (Å²) >= 11 is 0. The number of benzene rings is 3. The summed E-state index contributed by atoms with van der Waals surface area (Å²) in [5.74, 6) is -3.30. The number of aryl methyl sites for hydroxylation is 1. The van der Waals surface area contributed by atoms with E-state index >= 15 is 0 Å². The second-order valence-corrected chi connectivity index (χ2v) is 9.25. The third kappa shape index (κ3) is 3.28. The number of aromatic hydroxyl groups is 1. The average Bonchev–Trinajstić information content (AvgIpc) is 3.23. The van der Waals surface area contributed by atoms with Crippen molar-refractivity contribution >= 4 is 29.3 Å². The molecule has 1 unspecified atom stereocenters. The van der Waals surface area contributed by atoms with Gasteiger partial charge in [0.2, 0.25) is 0 Å². The fraction of sp³-hybridized carbons (Fsp3) is 0.185. The van der Waals surface area contributed by atoms with E-state index < -0.39 is 35.2 Å². The first kappa shape index (κ1) is 24.2. The number of alkyl halides is 3. The number of hydrogen-bond acceptors (Lipinski definition) is 5. The van der Waals surface area contributed by atoms with Gasteiger partial charge in [0.05, 0.1) is 27.9 Å². The molecule has 4 amide bonds. The molecular formula is C27H19F3N2O5. The van der Waals surface area contributed by atoms with Crippen molar-refractivity contribution in [3.05, 3.63) is 93.5 Å². The van der Waals surface area contributed by atoms with Crippen molar-refractivity contribution in [2.24, 2.45) is 0 Å². The van der Waals surface area contributed by atoms with Gasteiger partial charge in [-0.15, -0.1) is 0 Å². The minimum absolute atomic E-state index is 0.00380. The molecule has 7 nitrogen and oxygen atoms in total. The van der Waals surface area contributed by atoms with E-state index in [0.29, 0.717) is 5.56 Å². The van der Waals surface area contributed by atoms with Gasteiger partial charge >= 0.3 is 6.18 Å². The fourth-order valence-electron chi connectivity index (χ4n) is 4.75. The molecule has 37 heavy (non-hydrogen) atoms. The van der Waals surface area contributed by atoms with Crippen LogP contribution in [0, 0.1) is 6.92 Å². The topological polar surface area (TPSA) is 95.0 Å². The van der Waals surface area contributed by atoms with Gasteiger partial charge < -0.3 is 5.11 Å². The van der Waals surface area contributed by atoms with Crippen LogP contribution in [-0.4, -0.2) is 46.9 Å². The summed E-state index contributed by atoms with van der Waals surface area (Å²) in [6.45, 7) is 2.60. The lowest BCUT2D eigenvalue weighted by atomic mass is 9.74. The van der Waals surface area contributed by atoms with Crippen molar-refractivity contribution < 1.29 is 37.5 Å². The Morgan fingerprint density at radius 1 is 0.703 bits per heavy atom. The van der Waals surface area contributed by atoms with Crippen LogP contribution in [0.4, 0.5) is 18.9 Å². The average molecular weight is 508 g/mol. The van der Waals surface area contributed by atoms with Gasteiger partial charge in [-0.05, 0) is 66.9 Å². The number of phenolic OH excluding ortho intramolecular Hbond substituents is 1. The SMILES string of the molecule is Cc1ccc(O)c(N2C(=O)c3ccc(C(C)(c4ccc5c(c4)C(=O)N(C)C5=O)C(F)(F)F)cc3C2=O)c1. The number of fused-ring (bicyclic) bond motifs is 2. The molecule has 0 saturated heterocycles. The van der Waals surface area contributed by atoms with E-state index in [1.807, 2.05) is 0 Å². The lowest BCUT2D eigenvalue weighted by molar-refractivity contribution is -0.173. The van der Waals surface area contributed by atoms with Gasteiger partial charge in [0.1, 0.15) is 11.2 Å². The van der Waals surface area contributed by atoms with Gasteiger partial charge in [0, 0.05) is 7.05 Å². The molecule has 0 saturated carbocycles. The lowest BCUT2D eigenvalue weighted by Crippen LogP contribution is -2.41. The highest BCUT2D eigenvalue weighted by Gasteiger charge is 2.55. The maximum Gasteiger partial charge on any atom is 0.402 e. The number of carbonyl (C=O) groups excluding carboxylic acids is 4. The van der Waals surface area contributed by atoms with Crippen LogP contribution < -0.4 is 4.90 Å². The third-order valence-corrected chi connectivity index (χ3v) is 7.07. The third-order valence-electron chi connectivity index (χ3n) is 7.07. The largest absolute Gasteiger partial charge is 0.506 e. The van der Waals surface area contributed by atoms with Crippen molar-refractivity contribution in [2.45, 2.75) is 25.4 Å². The molecule has 0 aliphatic carbocycles. The van der Waals surface area contributed by atoms with Gasteiger partial charge in [-0.2, -0.15) is 13.2 Å². The Kier molecular flexibility index (Phi) is 5.08. The maximum atomic E-state index is 14.7. The molecule has 0 radical (unpaired) electrons. The summed E-state index contributed by atoms with van der Waals surface area (Å²) < 4.78 is 44.1. The van der Waals surface area contributed by atoms with Crippen LogP contribution in [0.25, 0.3) is 0 Å². The molecule has 5 rings (SSSR count). The highest BCUT2D eigenvalue weighted by atomic mass is 19.4. The first-order valence-electron chi connectivity index (χ1n) is 11.1. The molecule has 0 aromatic heterocycles. The van der Waals surface area contributed by atoms with E-state index in [2.05, 4.69) is 0 Å². The zero-order valence-corrected chi connectivity index (χ0v) is 19.8. The van der Waals surface area contributed by atoms with Crippen LogP contribution in [0.2, 0.25) is 0 Å². The molecular weight excluding hydrogens is 489 g/mol. The minimum atomic E-state index is -4.88. The van der Waals surface area contributed by atoms with Gasteiger partial charge in [-0.25, -0.2) is 4.90 Å². The Morgan fingerprint density at radius 3 is 1.76 bits per heavy atom. The first-order chi connectivity index (χ1) is 17.3. The number of amides is 4. The zero-order valence-electron chi connectivity index (χ0n) is 19.8. The molecule has 188 valence electrons. The van der Waals surface area contributed by atoms with E-state index in [9.17, 15) is 37.5 Å². The molecule has 10 heteroatoms. The molecule has 0 spiro atoms. The number of nitrogens with zero attached hydrogens (tertiary/aromatic N) is 2. The number of hydrogen-bond donors (Lipinski definition) is 1. The van der Waals surface area contributed by atoms with Crippen LogP contribution in [0.3, 0.4) is 0 Å².